The number of aryl methyl sites for hydroxylation is 3. The van der Waals surface area contributed by atoms with Crippen LogP contribution in [-0.2, 0) is 12.3 Å². The Bertz CT molecular complexity index is 558. The molecule has 2 N–H and O–H groups in total. The number of nitrogens with two attached hydrogens (primary N) is 1. The standard InChI is InChI=1S/C15H19N3S/c1-10-6-4-5-7-14(10)19-9-15-17-11(2)13(8-16)12(3)18-15/h4-7H,8-9,16H2,1-3H3. The second-order valence-corrected chi connectivity index (χ2v) is 5.56. The van der Waals surface area contributed by atoms with E-state index >= 15 is 0 Å². The van der Waals surface area contributed by atoms with Gasteiger partial charge in [-0.1, -0.05) is 18.2 Å². The highest BCUT2D eigenvalue weighted by atomic mass is 32.2. The zero-order valence-corrected chi connectivity index (χ0v) is 12.4. The van der Waals surface area contributed by atoms with Crippen LogP contribution in [0.25, 0.3) is 0 Å². The minimum atomic E-state index is 0.503. The van der Waals surface area contributed by atoms with E-state index in [1.807, 2.05) is 13.8 Å². The third-order valence-corrected chi connectivity index (χ3v) is 4.29. The van der Waals surface area contributed by atoms with Crippen LogP contribution >= 0.6 is 11.8 Å². The molecule has 0 bridgehead atoms. The summed E-state index contributed by atoms with van der Waals surface area (Å²) in [6.45, 7) is 6.62. The second kappa shape index (κ2) is 6.17. The highest BCUT2D eigenvalue weighted by Crippen LogP contribution is 2.25. The summed E-state index contributed by atoms with van der Waals surface area (Å²) in [7, 11) is 0. The van der Waals surface area contributed by atoms with Gasteiger partial charge < -0.3 is 5.73 Å². The van der Waals surface area contributed by atoms with E-state index in [9.17, 15) is 0 Å². The van der Waals surface area contributed by atoms with Crippen molar-refractivity contribution in [1.29, 1.82) is 0 Å². The van der Waals surface area contributed by atoms with Crippen molar-refractivity contribution in [3.05, 3.63) is 52.6 Å². The molecule has 100 valence electrons. The van der Waals surface area contributed by atoms with Crippen LogP contribution in [0.1, 0.15) is 28.3 Å². The minimum absolute atomic E-state index is 0.503. The maximum Gasteiger partial charge on any atom is 0.139 e. The summed E-state index contributed by atoms with van der Waals surface area (Å²) in [5.41, 5.74) is 10.0. The molecule has 0 amide bonds. The predicted molar refractivity (Wildman–Crippen MR) is 80.1 cm³/mol. The van der Waals surface area contributed by atoms with Gasteiger partial charge in [0, 0.05) is 28.4 Å². The molecule has 0 aliphatic heterocycles. The van der Waals surface area contributed by atoms with Crippen LogP contribution in [0.3, 0.4) is 0 Å². The van der Waals surface area contributed by atoms with Crippen LogP contribution in [-0.4, -0.2) is 9.97 Å². The number of hydrogen-bond acceptors (Lipinski definition) is 4. The number of nitrogens with zero attached hydrogens (tertiary/aromatic N) is 2. The summed E-state index contributed by atoms with van der Waals surface area (Å²) in [4.78, 5) is 10.4. The van der Waals surface area contributed by atoms with Gasteiger partial charge in [-0.3, -0.25) is 0 Å². The van der Waals surface area contributed by atoms with Gasteiger partial charge in [0.1, 0.15) is 5.82 Å². The lowest BCUT2D eigenvalue weighted by Gasteiger charge is -2.09. The van der Waals surface area contributed by atoms with Gasteiger partial charge >= 0.3 is 0 Å². The first kappa shape index (κ1) is 14.0. The molecule has 0 saturated carbocycles. The Morgan fingerprint density at radius 3 is 2.26 bits per heavy atom. The first-order chi connectivity index (χ1) is 9.11. The lowest BCUT2D eigenvalue weighted by molar-refractivity contribution is 0.891. The molecule has 19 heavy (non-hydrogen) atoms. The van der Waals surface area contributed by atoms with E-state index in [0.717, 1.165) is 28.5 Å². The molecule has 1 heterocycles. The van der Waals surface area contributed by atoms with E-state index in [1.54, 1.807) is 11.8 Å². The maximum atomic E-state index is 5.70. The van der Waals surface area contributed by atoms with Gasteiger partial charge in [-0.2, -0.15) is 0 Å². The van der Waals surface area contributed by atoms with Crippen LogP contribution in [0.4, 0.5) is 0 Å². The number of benzene rings is 1. The van der Waals surface area contributed by atoms with Crippen molar-refractivity contribution in [3.8, 4) is 0 Å². The van der Waals surface area contributed by atoms with Crippen molar-refractivity contribution >= 4 is 11.8 Å². The van der Waals surface area contributed by atoms with E-state index in [4.69, 9.17) is 5.73 Å². The van der Waals surface area contributed by atoms with E-state index in [1.165, 1.54) is 10.5 Å². The lowest BCUT2D eigenvalue weighted by Crippen LogP contribution is -2.08. The van der Waals surface area contributed by atoms with Crippen LogP contribution < -0.4 is 5.73 Å². The van der Waals surface area contributed by atoms with Gasteiger partial charge in [0.15, 0.2) is 0 Å². The number of thioether (sulfide) groups is 1. The topological polar surface area (TPSA) is 51.8 Å². The molecule has 0 spiro atoms. The summed E-state index contributed by atoms with van der Waals surface area (Å²) in [6.07, 6.45) is 0. The van der Waals surface area contributed by atoms with Gasteiger partial charge in [0.05, 0.1) is 5.75 Å². The van der Waals surface area contributed by atoms with Crippen molar-refractivity contribution in [2.24, 2.45) is 5.73 Å². The predicted octanol–water partition coefficient (Wildman–Crippen LogP) is 3.15. The molecule has 2 rings (SSSR count). The van der Waals surface area contributed by atoms with Crippen molar-refractivity contribution in [1.82, 2.24) is 9.97 Å². The zero-order chi connectivity index (χ0) is 13.8. The van der Waals surface area contributed by atoms with Gasteiger partial charge in [-0.25, -0.2) is 9.97 Å². The largest absolute Gasteiger partial charge is 0.326 e. The average molecular weight is 273 g/mol. The van der Waals surface area contributed by atoms with Gasteiger partial charge in [-0.15, -0.1) is 11.8 Å². The Labute approximate surface area is 118 Å². The number of hydrogen-bond donors (Lipinski definition) is 1. The normalized spacial score (nSPS) is 10.7. The molecule has 0 radical (unpaired) electrons. The summed E-state index contributed by atoms with van der Waals surface area (Å²) in [5, 5.41) is 0. The number of aromatic nitrogens is 2. The van der Waals surface area contributed by atoms with Gasteiger partial charge in [-0.05, 0) is 32.4 Å². The lowest BCUT2D eigenvalue weighted by atomic mass is 10.2. The maximum absolute atomic E-state index is 5.70. The quantitative estimate of drug-likeness (QED) is 0.869. The summed E-state index contributed by atoms with van der Waals surface area (Å²) in [5.74, 6) is 1.66. The van der Waals surface area contributed by atoms with Crippen LogP contribution in [0.5, 0.6) is 0 Å². The Hall–Kier alpha value is -1.39. The second-order valence-electron chi connectivity index (χ2n) is 4.55. The third kappa shape index (κ3) is 3.33. The Balaban J connectivity index is 2.15. The SMILES string of the molecule is Cc1ccccc1SCc1nc(C)c(CN)c(C)n1. The molecular formula is C15H19N3S. The minimum Gasteiger partial charge on any atom is -0.326 e. The number of rotatable bonds is 4. The van der Waals surface area contributed by atoms with Crippen LogP contribution in [0, 0.1) is 20.8 Å². The fourth-order valence-corrected chi connectivity index (χ4v) is 2.91. The van der Waals surface area contributed by atoms with E-state index in [-0.39, 0.29) is 0 Å². The molecule has 0 aliphatic rings. The molecule has 1 aromatic carbocycles. The molecule has 0 saturated heterocycles. The van der Waals surface area contributed by atoms with E-state index in [0.29, 0.717) is 6.54 Å². The van der Waals surface area contributed by atoms with E-state index < -0.39 is 0 Å². The first-order valence-electron chi connectivity index (χ1n) is 6.33. The fraction of sp³-hybridized carbons (Fsp3) is 0.333. The molecule has 0 fully saturated rings. The van der Waals surface area contributed by atoms with Crippen molar-refractivity contribution in [2.45, 2.75) is 38.0 Å². The smallest absolute Gasteiger partial charge is 0.139 e. The summed E-state index contributed by atoms with van der Waals surface area (Å²) in [6, 6.07) is 8.37. The van der Waals surface area contributed by atoms with Crippen LogP contribution in [0.15, 0.2) is 29.2 Å². The monoisotopic (exact) mass is 273 g/mol. The fourth-order valence-electron chi connectivity index (χ4n) is 2.03. The van der Waals surface area contributed by atoms with E-state index in [2.05, 4.69) is 41.2 Å². The Kier molecular flexibility index (Phi) is 4.56. The Morgan fingerprint density at radius 1 is 1.05 bits per heavy atom. The van der Waals surface area contributed by atoms with Crippen molar-refractivity contribution in [3.63, 3.8) is 0 Å². The molecule has 1 aromatic heterocycles. The first-order valence-corrected chi connectivity index (χ1v) is 7.32. The molecular weight excluding hydrogens is 254 g/mol. The molecule has 0 atom stereocenters. The zero-order valence-electron chi connectivity index (χ0n) is 11.6. The molecule has 4 heteroatoms. The highest BCUT2D eigenvalue weighted by Gasteiger charge is 2.08. The molecule has 0 aliphatic carbocycles. The third-order valence-electron chi connectivity index (χ3n) is 3.12. The molecule has 2 aromatic rings. The van der Waals surface area contributed by atoms with Gasteiger partial charge in [0.2, 0.25) is 0 Å². The summed E-state index contributed by atoms with van der Waals surface area (Å²) < 4.78 is 0. The van der Waals surface area contributed by atoms with Gasteiger partial charge in [0.25, 0.3) is 0 Å². The van der Waals surface area contributed by atoms with Crippen molar-refractivity contribution in [2.75, 3.05) is 0 Å². The molecule has 3 nitrogen and oxygen atoms in total. The van der Waals surface area contributed by atoms with Crippen LogP contribution in [0.2, 0.25) is 0 Å². The van der Waals surface area contributed by atoms with Crippen molar-refractivity contribution < 1.29 is 0 Å². The molecule has 0 unspecified atom stereocenters. The average Bonchev–Trinajstić information content (AvgIpc) is 2.37. The highest BCUT2D eigenvalue weighted by molar-refractivity contribution is 7.98. The Morgan fingerprint density at radius 2 is 1.68 bits per heavy atom. The summed E-state index contributed by atoms with van der Waals surface area (Å²) >= 11 is 1.77.